The third-order valence-corrected chi connectivity index (χ3v) is 12.6. The molecule has 0 saturated heterocycles. The lowest BCUT2D eigenvalue weighted by atomic mass is 9.95. The lowest BCUT2D eigenvalue weighted by Gasteiger charge is -2.33. The second-order valence-electron chi connectivity index (χ2n) is 17.5. The van der Waals surface area contributed by atoms with E-state index >= 15 is 0 Å². The van der Waals surface area contributed by atoms with Crippen LogP contribution >= 0.6 is 0 Å². The molecule has 354 valence electrons. The van der Waals surface area contributed by atoms with Crippen LogP contribution in [0.2, 0.25) is 0 Å². The maximum atomic E-state index is 12.0. The number of nitro benzene ring substituents is 2. The normalized spacial score (nSPS) is 13.6. The molecule has 0 heterocycles. The van der Waals surface area contributed by atoms with Crippen molar-refractivity contribution in [3.63, 3.8) is 0 Å². The Morgan fingerprint density at radius 3 is 1.36 bits per heavy atom. The molecule has 4 unspecified atom stereocenters. The number of hydrogen-bond donors (Lipinski definition) is 0. The third kappa shape index (κ3) is 17.6. The highest BCUT2D eigenvalue weighted by Gasteiger charge is 2.22. The third-order valence-electron chi connectivity index (χ3n) is 12.6. The molecule has 0 fully saturated rings. The summed E-state index contributed by atoms with van der Waals surface area (Å²) in [5.41, 5.74) is 2.70. The van der Waals surface area contributed by atoms with Crippen LogP contribution in [0.5, 0.6) is 11.5 Å². The first-order valence-corrected chi connectivity index (χ1v) is 24.5. The van der Waals surface area contributed by atoms with E-state index in [2.05, 4.69) is 95.6 Å². The predicted octanol–water partition coefficient (Wildman–Crippen LogP) is 17.1. The average molecular weight is 886 g/mol. The maximum Gasteiger partial charge on any atom is 0.303 e. The van der Waals surface area contributed by atoms with Gasteiger partial charge >= 0.3 is 5.69 Å². The van der Waals surface area contributed by atoms with Gasteiger partial charge in [0, 0.05) is 37.0 Å². The van der Waals surface area contributed by atoms with Crippen LogP contribution in [0, 0.1) is 50.8 Å². The Hall–Kier alpha value is -4.94. The smallest absolute Gasteiger partial charge is 0.303 e. The van der Waals surface area contributed by atoms with Crippen molar-refractivity contribution in [1.82, 2.24) is 0 Å². The minimum atomic E-state index is -0.700. The number of azo groups is 2. The first kappa shape index (κ1) is 53.4. The van der Waals surface area contributed by atoms with E-state index in [0.717, 1.165) is 94.6 Å². The van der Waals surface area contributed by atoms with E-state index in [1.807, 2.05) is 0 Å². The molecule has 0 bridgehead atoms. The van der Waals surface area contributed by atoms with Gasteiger partial charge in [-0.3, -0.25) is 20.2 Å². The molecule has 13 nitrogen and oxygen atoms in total. The topological polar surface area (TPSA) is 157 Å². The van der Waals surface area contributed by atoms with Gasteiger partial charge in [0.05, 0.1) is 34.8 Å². The van der Waals surface area contributed by atoms with Crippen molar-refractivity contribution >= 4 is 39.8 Å². The van der Waals surface area contributed by atoms with Crippen LogP contribution in [0.25, 0.3) is 0 Å². The Morgan fingerprint density at radius 1 is 0.531 bits per heavy atom. The van der Waals surface area contributed by atoms with E-state index in [-0.39, 0.29) is 5.69 Å². The number of aryl methyl sites for hydroxylation is 1. The molecule has 3 aromatic rings. The van der Waals surface area contributed by atoms with Gasteiger partial charge < -0.3 is 14.4 Å². The second-order valence-corrected chi connectivity index (χ2v) is 17.5. The van der Waals surface area contributed by atoms with Crippen LogP contribution in [0.4, 0.5) is 39.8 Å². The molecule has 0 radical (unpaired) electrons. The van der Waals surface area contributed by atoms with Gasteiger partial charge in [-0.2, -0.15) is 5.11 Å². The molecule has 0 aliphatic heterocycles. The van der Waals surface area contributed by atoms with Gasteiger partial charge in [0.2, 0.25) is 0 Å². The monoisotopic (exact) mass is 886 g/mol. The zero-order valence-electron chi connectivity index (χ0n) is 40.7. The lowest BCUT2D eigenvalue weighted by Crippen LogP contribution is -2.34. The summed E-state index contributed by atoms with van der Waals surface area (Å²) >= 11 is 0. The molecule has 3 aromatic carbocycles. The largest absolute Gasteiger partial charge is 0.491 e. The molecule has 0 aromatic heterocycles. The highest BCUT2D eigenvalue weighted by Crippen LogP contribution is 2.43. The predicted molar refractivity (Wildman–Crippen MR) is 262 cm³/mol. The Morgan fingerprint density at radius 2 is 0.953 bits per heavy atom. The molecular formula is C51H79N7O6. The van der Waals surface area contributed by atoms with Gasteiger partial charge in [-0.25, -0.2) is 0 Å². The van der Waals surface area contributed by atoms with Crippen molar-refractivity contribution in [2.75, 3.05) is 31.2 Å². The van der Waals surface area contributed by atoms with E-state index in [4.69, 9.17) is 19.7 Å². The number of nitrogens with zero attached hydrogens (tertiary/aromatic N) is 7. The number of ether oxygens (including phenoxy) is 2. The van der Waals surface area contributed by atoms with E-state index in [9.17, 15) is 20.2 Å². The molecular weight excluding hydrogens is 807 g/mol. The minimum Gasteiger partial charge on any atom is -0.491 e. The maximum absolute atomic E-state index is 12.0. The van der Waals surface area contributed by atoms with Crippen molar-refractivity contribution in [3.05, 3.63) is 74.3 Å². The Kier molecular flexibility index (Phi) is 24.6. The molecule has 0 aliphatic carbocycles. The first-order valence-electron chi connectivity index (χ1n) is 24.5. The summed E-state index contributed by atoms with van der Waals surface area (Å²) in [7, 11) is 0. The number of non-ortho nitro benzene ring substituents is 1. The van der Waals surface area contributed by atoms with E-state index in [0.29, 0.717) is 59.8 Å². The Balaban J connectivity index is 2.16. The highest BCUT2D eigenvalue weighted by molar-refractivity contribution is 5.68. The van der Waals surface area contributed by atoms with Crippen molar-refractivity contribution in [2.45, 2.75) is 165 Å². The quantitative estimate of drug-likeness (QED) is 0.0334. The number of nitro groups is 2. The standard InChI is InChI=1S/C51H79N7O6/c1-10-18-22-39(14-5)34-56(35-40(15-6)23-19-11-2)43-26-28-45(38(9)30-43)52-54-47-32-51(64-37-42(17-8)25-21-13-4)48(33-50(47)63-36-41(16-7)24-20-12-3)55-53-46-29-27-44(57(59)60)31-49(46)58(61)62/h26-33,39-42H,10-25,34-37H2,1-9H3. The Bertz CT molecular complexity index is 1900. The van der Waals surface area contributed by atoms with E-state index < -0.39 is 21.2 Å². The van der Waals surface area contributed by atoms with Crippen molar-refractivity contribution in [1.29, 1.82) is 0 Å². The van der Waals surface area contributed by atoms with Gasteiger partial charge in [-0.15, -0.1) is 15.3 Å². The molecule has 4 atom stereocenters. The summed E-state index contributed by atoms with van der Waals surface area (Å²) in [4.78, 5) is 24.6. The molecule has 3 rings (SSSR count). The van der Waals surface area contributed by atoms with Gasteiger partial charge in [0.15, 0.2) is 5.69 Å². The van der Waals surface area contributed by atoms with Crippen LogP contribution in [-0.2, 0) is 0 Å². The number of anilines is 1. The number of benzene rings is 3. The van der Waals surface area contributed by atoms with E-state index in [1.165, 1.54) is 56.3 Å². The van der Waals surface area contributed by atoms with Crippen molar-refractivity contribution in [2.24, 2.45) is 44.1 Å². The fourth-order valence-electron chi connectivity index (χ4n) is 7.90. The Labute approximate surface area is 384 Å². The van der Waals surface area contributed by atoms with Crippen LogP contribution in [-0.4, -0.2) is 36.1 Å². The molecule has 0 saturated carbocycles. The van der Waals surface area contributed by atoms with Crippen molar-refractivity contribution in [3.8, 4) is 11.5 Å². The second kappa shape index (κ2) is 29.5. The van der Waals surface area contributed by atoms with Crippen LogP contribution in [0.3, 0.4) is 0 Å². The molecule has 0 N–H and O–H groups in total. The minimum absolute atomic E-state index is 0.123. The molecule has 0 aliphatic rings. The van der Waals surface area contributed by atoms with Crippen LogP contribution in [0.15, 0.2) is 69.0 Å². The van der Waals surface area contributed by atoms with Crippen molar-refractivity contribution < 1.29 is 19.3 Å². The van der Waals surface area contributed by atoms with Crippen LogP contribution < -0.4 is 14.4 Å². The molecule has 0 amide bonds. The zero-order chi connectivity index (χ0) is 46.9. The summed E-state index contributed by atoms with van der Waals surface area (Å²) in [6, 6.07) is 13.3. The fourth-order valence-corrected chi connectivity index (χ4v) is 7.90. The van der Waals surface area contributed by atoms with Gasteiger partial charge in [0.1, 0.15) is 22.9 Å². The lowest BCUT2D eigenvalue weighted by molar-refractivity contribution is -0.393. The molecule has 13 heteroatoms. The SMILES string of the molecule is CCCCC(CC)COc1cc(N=Nc2ccc([N+](=O)[O-])cc2[N+](=O)[O-])c(OCC(CC)CCCC)cc1N=Nc1ccc(N(CC(CC)CCCC)CC(CC)CCCC)cc1C. The summed E-state index contributed by atoms with van der Waals surface area (Å²) in [6.07, 6.45) is 18.0. The summed E-state index contributed by atoms with van der Waals surface area (Å²) < 4.78 is 13.1. The number of hydrogen-bond acceptors (Lipinski definition) is 11. The number of unbranched alkanes of at least 4 members (excludes halogenated alkanes) is 4. The average Bonchev–Trinajstić information content (AvgIpc) is 3.30. The van der Waals surface area contributed by atoms with Gasteiger partial charge in [-0.05, 0) is 86.1 Å². The summed E-state index contributed by atoms with van der Waals surface area (Å²) in [5, 5.41) is 41.8. The van der Waals surface area contributed by atoms with Gasteiger partial charge in [-0.1, -0.05) is 132 Å². The number of rotatable bonds is 33. The first-order chi connectivity index (χ1) is 30.9. The van der Waals surface area contributed by atoms with Gasteiger partial charge in [0.25, 0.3) is 5.69 Å². The molecule has 64 heavy (non-hydrogen) atoms. The highest BCUT2D eigenvalue weighted by atomic mass is 16.6. The summed E-state index contributed by atoms with van der Waals surface area (Å²) in [5.74, 6) is 2.71. The van der Waals surface area contributed by atoms with E-state index in [1.54, 1.807) is 12.1 Å². The zero-order valence-corrected chi connectivity index (χ0v) is 40.7. The summed E-state index contributed by atoms with van der Waals surface area (Å²) in [6.45, 7) is 22.9. The fraction of sp³-hybridized carbons (Fsp3) is 0.647. The van der Waals surface area contributed by atoms with Crippen LogP contribution in [0.1, 0.15) is 164 Å². The molecule has 0 spiro atoms.